The molecule has 1 atom stereocenters. The fourth-order valence-electron chi connectivity index (χ4n) is 2.72. The van der Waals surface area contributed by atoms with Gasteiger partial charge in [0.1, 0.15) is 11.3 Å². The summed E-state index contributed by atoms with van der Waals surface area (Å²) in [5.74, 6) is -1.51. The molecule has 2 aromatic rings. The van der Waals surface area contributed by atoms with Crippen LogP contribution in [0.3, 0.4) is 0 Å². The molecule has 1 heterocycles. The number of carbonyl (C=O) groups excluding carboxylic acids is 3. The smallest absolute Gasteiger partial charge is 0.322 e. The summed E-state index contributed by atoms with van der Waals surface area (Å²) in [5, 5.41) is 4.31. The summed E-state index contributed by atoms with van der Waals surface area (Å²) >= 11 is 0. The molecule has 27 heavy (non-hydrogen) atoms. The van der Waals surface area contributed by atoms with Crippen molar-refractivity contribution in [3.05, 3.63) is 65.7 Å². The Morgan fingerprint density at radius 1 is 1.00 bits per heavy atom. The van der Waals surface area contributed by atoms with Gasteiger partial charge >= 0.3 is 6.03 Å². The highest BCUT2D eigenvalue weighted by molar-refractivity contribution is 7.92. The fraction of sp³-hybridized carbons (Fsp3) is 0.167. The van der Waals surface area contributed by atoms with E-state index in [0.717, 1.165) is 0 Å². The first-order valence-electron chi connectivity index (χ1n) is 8.02. The lowest BCUT2D eigenvalue weighted by Crippen LogP contribution is -2.50. The number of rotatable bonds is 6. The molecule has 2 aromatic carbocycles. The van der Waals surface area contributed by atoms with E-state index in [1.807, 2.05) is 11.4 Å². The van der Waals surface area contributed by atoms with Gasteiger partial charge < -0.3 is 5.32 Å². The Bertz CT molecular complexity index is 1000. The molecule has 140 valence electrons. The third-order valence-corrected chi connectivity index (χ3v) is 5.56. The Labute approximate surface area is 156 Å². The molecule has 9 heteroatoms. The molecule has 0 aliphatic carbocycles. The molecule has 0 saturated carbocycles. The molecule has 8 nitrogen and oxygen atoms in total. The van der Waals surface area contributed by atoms with Crippen LogP contribution in [-0.2, 0) is 14.8 Å². The number of anilines is 1. The lowest BCUT2D eigenvalue weighted by Gasteiger charge is -2.20. The quantitative estimate of drug-likeness (QED) is 0.509. The number of hydrogen-bond donors (Lipinski definition) is 3. The molecule has 3 amide bonds. The van der Waals surface area contributed by atoms with Crippen LogP contribution >= 0.6 is 0 Å². The Morgan fingerprint density at radius 2 is 1.59 bits per heavy atom. The molecular formula is C18H17N3O5S. The number of imide groups is 1. The van der Waals surface area contributed by atoms with Crippen molar-refractivity contribution in [2.24, 2.45) is 0 Å². The molecule has 1 aliphatic heterocycles. The van der Waals surface area contributed by atoms with Gasteiger partial charge in [0.05, 0.1) is 0 Å². The Morgan fingerprint density at radius 3 is 2.15 bits per heavy atom. The van der Waals surface area contributed by atoms with Crippen LogP contribution in [-0.4, -0.2) is 37.4 Å². The first-order valence-corrected chi connectivity index (χ1v) is 9.68. The van der Waals surface area contributed by atoms with Crippen LogP contribution in [0.2, 0.25) is 0 Å². The zero-order chi connectivity index (χ0) is 19.7. The molecule has 1 fully saturated rings. The highest BCUT2D eigenvalue weighted by atomic mass is 32.2. The van der Waals surface area contributed by atoms with Crippen molar-refractivity contribution in [1.29, 1.82) is 0 Å². The highest BCUT2D eigenvalue weighted by Crippen LogP contribution is 2.18. The first-order chi connectivity index (χ1) is 12.7. The summed E-state index contributed by atoms with van der Waals surface area (Å²) in [7, 11) is -3.93. The summed E-state index contributed by atoms with van der Waals surface area (Å²) in [5.41, 5.74) is -0.361. The van der Waals surface area contributed by atoms with E-state index in [-0.39, 0.29) is 11.5 Å². The van der Waals surface area contributed by atoms with Crippen molar-refractivity contribution in [2.75, 3.05) is 10.5 Å². The minimum atomic E-state index is -3.93. The minimum absolute atomic E-state index is 0.178. The molecule has 0 aromatic heterocycles. The van der Waals surface area contributed by atoms with Crippen molar-refractivity contribution < 1.29 is 22.8 Å². The zero-order valence-corrected chi connectivity index (χ0v) is 15.2. The van der Waals surface area contributed by atoms with E-state index in [4.69, 9.17) is 0 Å². The number of carbonyl (C=O) groups is 3. The molecule has 1 aliphatic rings. The van der Waals surface area contributed by atoms with Crippen LogP contribution in [0.1, 0.15) is 22.8 Å². The lowest BCUT2D eigenvalue weighted by atomic mass is 10.0. The van der Waals surface area contributed by atoms with Crippen molar-refractivity contribution in [3.63, 3.8) is 0 Å². The summed E-state index contributed by atoms with van der Waals surface area (Å²) in [6.07, 6.45) is 0. The second-order valence-electron chi connectivity index (χ2n) is 6.37. The monoisotopic (exact) mass is 387 g/mol. The number of amides is 3. The van der Waals surface area contributed by atoms with Crippen LogP contribution in [0.15, 0.2) is 54.6 Å². The van der Waals surface area contributed by atoms with Gasteiger partial charge in [-0.2, -0.15) is 0 Å². The van der Waals surface area contributed by atoms with E-state index in [2.05, 4.69) is 10.0 Å². The highest BCUT2D eigenvalue weighted by Gasteiger charge is 2.45. The number of sulfonamides is 1. The van der Waals surface area contributed by atoms with Crippen LogP contribution < -0.4 is 15.4 Å². The van der Waals surface area contributed by atoms with Gasteiger partial charge in [-0.3, -0.25) is 19.6 Å². The second-order valence-corrected chi connectivity index (χ2v) is 8.10. The largest absolute Gasteiger partial charge is 0.322 e. The van der Waals surface area contributed by atoms with E-state index >= 15 is 0 Å². The Balaban J connectivity index is 1.71. The summed E-state index contributed by atoms with van der Waals surface area (Å²) in [6, 6.07) is 13.9. The summed E-state index contributed by atoms with van der Waals surface area (Å²) in [4.78, 5) is 35.4. The Hall–Kier alpha value is -3.20. The maximum atomic E-state index is 12.4. The average Bonchev–Trinajstić information content (AvgIpc) is 2.86. The van der Waals surface area contributed by atoms with Gasteiger partial charge in [0.15, 0.2) is 5.78 Å². The second kappa shape index (κ2) is 6.84. The standard InChI is InChI=1S/C18H17N3O5S/c1-18(16(23)19-17(24)20-18)11-27(25,26)21-14-9-7-13(8-10-14)15(22)12-5-3-2-4-6-12/h2-10,21H,11H2,1H3,(H2,19,20,23,24)/t18-/m1/s1. The van der Waals surface area contributed by atoms with Gasteiger partial charge in [-0.05, 0) is 31.2 Å². The van der Waals surface area contributed by atoms with Crippen LogP contribution in [0, 0.1) is 0 Å². The van der Waals surface area contributed by atoms with Gasteiger partial charge in [-0.1, -0.05) is 30.3 Å². The van der Waals surface area contributed by atoms with Crippen LogP contribution in [0.5, 0.6) is 0 Å². The first kappa shape index (κ1) is 18.6. The average molecular weight is 387 g/mol. The van der Waals surface area contributed by atoms with Gasteiger partial charge in [-0.15, -0.1) is 0 Å². The van der Waals surface area contributed by atoms with Crippen molar-refractivity contribution in [3.8, 4) is 0 Å². The third-order valence-electron chi connectivity index (χ3n) is 4.05. The van der Waals surface area contributed by atoms with Crippen molar-refractivity contribution in [2.45, 2.75) is 12.5 Å². The number of urea groups is 1. The van der Waals surface area contributed by atoms with Gasteiger partial charge in [0.2, 0.25) is 10.0 Å². The topological polar surface area (TPSA) is 121 Å². The van der Waals surface area contributed by atoms with E-state index < -0.39 is 33.3 Å². The molecule has 1 saturated heterocycles. The van der Waals surface area contributed by atoms with Crippen molar-refractivity contribution >= 4 is 33.4 Å². The number of hydrogen-bond acceptors (Lipinski definition) is 5. The third kappa shape index (κ3) is 4.14. The van der Waals surface area contributed by atoms with E-state index in [1.54, 1.807) is 24.3 Å². The van der Waals surface area contributed by atoms with Gasteiger partial charge in [0, 0.05) is 16.8 Å². The lowest BCUT2D eigenvalue weighted by molar-refractivity contribution is -0.122. The fourth-order valence-corrected chi connectivity index (χ4v) is 4.25. The van der Waals surface area contributed by atoms with Gasteiger partial charge in [0.25, 0.3) is 5.91 Å². The van der Waals surface area contributed by atoms with E-state index in [0.29, 0.717) is 11.1 Å². The molecule has 0 unspecified atom stereocenters. The molecule has 0 bridgehead atoms. The van der Waals surface area contributed by atoms with Crippen LogP contribution in [0.25, 0.3) is 0 Å². The normalized spacial score (nSPS) is 19.3. The number of nitrogens with one attached hydrogen (secondary N) is 3. The van der Waals surface area contributed by atoms with Gasteiger partial charge in [-0.25, -0.2) is 13.2 Å². The SMILES string of the molecule is C[C@]1(CS(=O)(=O)Nc2ccc(C(=O)c3ccccc3)cc2)NC(=O)NC1=O. The zero-order valence-electron chi connectivity index (χ0n) is 14.4. The molecule has 0 spiro atoms. The predicted molar refractivity (Wildman–Crippen MR) is 98.8 cm³/mol. The van der Waals surface area contributed by atoms with E-state index in [1.165, 1.54) is 31.2 Å². The van der Waals surface area contributed by atoms with Crippen molar-refractivity contribution in [1.82, 2.24) is 10.6 Å². The van der Waals surface area contributed by atoms with E-state index in [9.17, 15) is 22.8 Å². The minimum Gasteiger partial charge on any atom is -0.322 e. The van der Waals surface area contributed by atoms with Crippen LogP contribution in [0.4, 0.5) is 10.5 Å². The molecule has 0 radical (unpaired) electrons. The summed E-state index contributed by atoms with van der Waals surface area (Å²) < 4.78 is 27.0. The summed E-state index contributed by atoms with van der Waals surface area (Å²) in [6.45, 7) is 1.33. The predicted octanol–water partition coefficient (Wildman–Crippen LogP) is 1.26. The molecule has 3 N–H and O–H groups in total. The maximum Gasteiger partial charge on any atom is 0.322 e. The molecular weight excluding hydrogens is 370 g/mol. The molecule has 3 rings (SSSR count). The number of benzene rings is 2. The number of ketones is 1. The Kier molecular flexibility index (Phi) is 4.71. The maximum absolute atomic E-state index is 12.4.